The van der Waals surface area contributed by atoms with E-state index in [0.29, 0.717) is 6.54 Å². The molecule has 0 aliphatic rings. The lowest BCUT2D eigenvalue weighted by Gasteiger charge is -2.25. The number of carbonyl (C=O) groups is 1. The molecule has 1 atom stereocenters. The standard InChI is InChI=1S/C14H18N2O3/c1-14(8-9-15,13(17)19-3)16-10-11-4-6-12(18-2)7-5-11/h4-7,16H,8,10H2,1-3H3. The molecular formula is C14H18N2O3. The van der Waals surface area contributed by atoms with Gasteiger partial charge in [-0.1, -0.05) is 12.1 Å². The molecule has 0 saturated heterocycles. The molecule has 0 aromatic heterocycles. The third kappa shape index (κ3) is 3.97. The molecule has 102 valence electrons. The van der Waals surface area contributed by atoms with E-state index in [1.165, 1.54) is 7.11 Å². The Morgan fingerprint density at radius 2 is 2.00 bits per heavy atom. The molecule has 1 rings (SSSR count). The number of benzene rings is 1. The topological polar surface area (TPSA) is 71.4 Å². The smallest absolute Gasteiger partial charge is 0.326 e. The fourth-order valence-corrected chi connectivity index (χ4v) is 1.63. The Morgan fingerprint density at radius 1 is 1.37 bits per heavy atom. The summed E-state index contributed by atoms with van der Waals surface area (Å²) in [7, 11) is 2.92. The number of carbonyl (C=O) groups excluding carboxylic acids is 1. The zero-order chi connectivity index (χ0) is 14.3. The molecule has 0 spiro atoms. The van der Waals surface area contributed by atoms with Crippen LogP contribution in [0.5, 0.6) is 5.75 Å². The molecule has 0 radical (unpaired) electrons. The quantitative estimate of drug-likeness (QED) is 0.789. The summed E-state index contributed by atoms with van der Waals surface area (Å²) in [6.07, 6.45) is 0.0514. The second-order valence-electron chi connectivity index (χ2n) is 4.36. The van der Waals surface area contributed by atoms with E-state index in [2.05, 4.69) is 5.32 Å². The predicted molar refractivity (Wildman–Crippen MR) is 70.5 cm³/mol. The number of methoxy groups -OCH3 is 2. The zero-order valence-electron chi connectivity index (χ0n) is 11.4. The van der Waals surface area contributed by atoms with Gasteiger partial charge in [0, 0.05) is 6.54 Å². The van der Waals surface area contributed by atoms with E-state index in [9.17, 15) is 4.79 Å². The van der Waals surface area contributed by atoms with Gasteiger partial charge in [-0.15, -0.1) is 0 Å². The van der Waals surface area contributed by atoms with Crippen molar-refractivity contribution in [3.05, 3.63) is 29.8 Å². The molecule has 5 nitrogen and oxygen atoms in total. The maximum absolute atomic E-state index is 11.7. The zero-order valence-corrected chi connectivity index (χ0v) is 11.4. The van der Waals surface area contributed by atoms with Crippen molar-refractivity contribution in [3.63, 3.8) is 0 Å². The number of nitrogens with zero attached hydrogens (tertiary/aromatic N) is 1. The first-order chi connectivity index (χ1) is 9.05. The molecular weight excluding hydrogens is 244 g/mol. The van der Waals surface area contributed by atoms with Crippen LogP contribution >= 0.6 is 0 Å². The number of nitriles is 1. The molecule has 0 saturated carbocycles. The van der Waals surface area contributed by atoms with E-state index >= 15 is 0 Å². The molecule has 19 heavy (non-hydrogen) atoms. The van der Waals surface area contributed by atoms with E-state index < -0.39 is 11.5 Å². The maximum atomic E-state index is 11.7. The van der Waals surface area contributed by atoms with Gasteiger partial charge in [0.15, 0.2) is 0 Å². The second kappa shape index (κ2) is 6.76. The van der Waals surface area contributed by atoms with Crippen LogP contribution in [0.4, 0.5) is 0 Å². The molecule has 0 amide bonds. The van der Waals surface area contributed by atoms with Crippen LogP contribution in [0, 0.1) is 11.3 Å². The van der Waals surface area contributed by atoms with Gasteiger partial charge in [-0.05, 0) is 24.6 Å². The molecule has 0 heterocycles. The lowest BCUT2D eigenvalue weighted by Crippen LogP contribution is -2.49. The fraction of sp³-hybridized carbons (Fsp3) is 0.429. The minimum absolute atomic E-state index is 0.0514. The van der Waals surface area contributed by atoms with Crippen molar-refractivity contribution < 1.29 is 14.3 Å². The van der Waals surface area contributed by atoms with Crippen LogP contribution in [0.3, 0.4) is 0 Å². The summed E-state index contributed by atoms with van der Waals surface area (Å²) in [5.41, 5.74) is -0.00228. The van der Waals surface area contributed by atoms with Gasteiger partial charge in [-0.3, -0.25) is 10.1 Å². The van der Waals surface area contributed by atoms with E-state index in [4.69, 9.17) is 14.7 Å². The van der Waals surface area contributed by atoms with E-state index in [1.54, 1.807) is 14.0 Å². The number of nitrogens with one attached hydrogen (secondary N) is 1. The van der Waals surface area contributed by atoms with Gasteiger partial charge in [0.1, 0.15) is 11.3 Å². The summed E-state index contributed by atoms with van der Waals surface area (Å²) >= 11 is 0. The van der Waals surface area contributed by atoms with Gasteiger partial charge < -0.3 is 9.47 Å². The van der Waals surface area contributed by atoms with Crippen LogP contribution in [0.1, 0.15) is 18.9 Å². The van der Waals surface area contributed by atoms with Gasteiger partial charge in [-0.25, -0.2) is 0 Å². The SMILES string of the molecule is COC(=O)C(C)(CC#N)NCc1ccc(OC)cc1. The molecule has 1 aromatic carbocycles. The summed E-state index contributed by atoms with van der Waals surface area (Å²) in [5.74, 6) is 0.332. The fourth-order valence-electron chi connectivity index (χ4n) is 1.63. The minimum atomic E-state index is -0.997. The van der Waals surface area contributed by atoms with Gasteiger partial charge in [0.05, 0.1) is 26.7 Å². The first kappa shape index (κ1) is 15.0. The van der Waals surface area contributed by atoms with Crippen LogP contribution in [0.15, 0.2) is 24.3 Å². The average molecular weight is 262 g/mol. The molecule has 0 aliphatic carbocycles. The molecule has 5 heteroatoms. The summed E-state index contributed by atoms with van der Waals surface area (Å²) in [5, 5.41) is 11.9. The van der Waals surface area contributed by atoms with Crippen molar-refractivity contribution in [2.45, 2.75) is 25.4 Å². The number of hydrogen-bond acceptors (Lipinski definition) is 5. The number of rotatable bonds is 6. The van der Waals surface area contributed by atoms with Gasteiger partial charge in [0.25, 0.3) is 0 Å². The Kier molecular flexibility index (Phi) is 5.34. The third-order valence-corrected chi connectivity index (χ3v) is 2.91. The molecule has 0 aliphatic heterocycles. The highest BCUT2D eigenvalue weighted by molar-refractivity contribution is 5.80. The van der Waals surface area contributed by atoms with Crippen molar-refractivity contribution in [1.82, 2.24) is 5.32 Å². The molecule has 0 bridgehead atoms. The van der Waals surface area contributed by atoms with Gasteiger partial charge in [-0.2, -0.15) is 5.26 Å². The Morgan fingerprint density at radius 3 is 2.47 bits per heavy atom. The summed E-state index contributed by atoms with van der Waals surface area (Å²) in [6.45, 7) is 2.13. The Balaban J connectivity index is 2.70. The highest BCUT2D eigenvalue weighted by Gasteiger charge is 2.33. The summed E-state index contributed by atoms with van der Waals surface area (Å²) in [6, 6.07) is 9.48. The van der Waals surface area contributed by atoms with Crippen molar-refractivity contribution in [3.8, 4) is 11.8 Å². The first-order valence-corrected chi connectivity index (χ1v) is 5.89. The highest BCUT2D eigenvalue weighted by atomic mass is 16.5. The lowest BCUT2D eigenvalue weighted by molar-refractivity contribution is -0.147. The van der Waals surface area contributed by atoms with Crippen LogP contribution in [0.2, 0.25) is 0 Å². The Bertz CT molecular complexity index is 465. The van der Waals surface area contributed by atoms with E-state index in [-0.39, 0.29) is 6.42 Å². The monoisotopic (exact) mass is 262 g/mol. The Hall–Kier alpha value is -2.06. The van der Waals surface area contributed by atoms with Crippen LogP contribution < -0.4 is 10.1 Å². The normalized spacial score (nSPS) is 13.2. The summed E-state index contributed by atoms with van der Waals surface area (Å²) < 4.78 is 9.79. The number of ether oxygens (including phenoxy) is 2. The average Bonchev–Trinajstić information content (AvgIpc) is 2.45. The largest absolute Gasteiger partial charge is 0.497 e. The van der Waals surface area contributed by atoms with Crippen molar-refractivity contribution in [2.75, 3.05) is 14.2 Å². The van der Waals surface area contributed by atoms with Crippen molar-refractivity contribution >= 4 is 5.97 Å². The van der Waals surface area contributed by atoms with E-state index in [1.807, 2.05) is 30.3 Å². The molecule has 1 aromatic rings. The lowest BCUT2D eigenvalue weighted by atomic mass is 9.98. The maximum Gasteiger partial charge on any atom is 0.326 e. The Labute approximate surface area is 113 Å². The van der Waals surface area contributed by atoms with Crippen LogP contribution in [0.25, 0.3) is 0 Å². The molecule has 1 unspecified atom stereocenters. The highest BCUT2D eigenvalue weighted by Crippen LogP contribution is 2.15. The van der Waals surface area contributed by atoms with E-state index in [0.717, 1.165) is 11.3 Å². The predicted octanol–water partition coefficient (Wildman–Crippen LogP) is 1.63. The van der Waals surface area contributed by atoms with Gasteiger partial charge >= 0.3 is 5.97 Å². The van der Waals surface area contributed by atoms with Crippen molar-refractivity contribution in [1.29, 1.82) is 5.26 Å². The molecule has 1 N–H and O–H groups in total. The molecule has 0 fully saturated rings. The van der Waals surface area contributed by atoms with Crippen LogP contribution in [-0.2, 0) is 16.1 Å². The number of esters is 1. The van der Waals surface area contributed by atoms with Crippen LogP contribution in [-0.4, -0.2) is 25.7 Å². The van der Waals surface area contributed by atoms with Gasteiger partial charge in [0.2, 0.25) is 0 Å². The number of hydrogen-bond donors (Lipinski definition) is 1. The third-order valence-electron chi connectivity index (χ3n) is 2.91. The minimum Gasteiger partial charge on any atom is -0.497 e. The van der Waals surface area contributed by atoms with Crippen molar-refractivity contribution in [2.24, 2.45) is 0 Å². The first-order valence-electron chi connectivity index (χ1n) is 5.89. The summed E-state index contributed by atoms with van der Waals surface area (Å²) in [4.78, 5) is 11.7. The second-order valence-corrected chi connectivity index (χ2v) is 4.36.